The quantitative estimate of drug-likeness (QED) is 0.540. The SMILES string of the molecule is CSc1c2nc3ccccc3cc2c(-c2ccc(C(=O)O)cc2)n1C. The lowest BCUT2D eigenvalue weighted by molar-refractivity contribution is 0.0697. The predicted octanol–water partition coefficient (Wildman–Crippen LogP) is 4.81. The fourth-order valence-corrected chi connectivity index (χ4v) is 3.97. The van der Waals surface area contributed by atoms with Crippen molar-refractivity contribution in [3.05, 3.63) is 60.2 Å². The number of carboxylic acids is 1. The first-order chi connectivity index (χ1) is 12.1. The van der Waals surface area contributed by atoms with E-state index in [9.17, 15) is 4.79 Å². The molecule has 0 spiro atoms. The Morgan fingerprint density at radius 2 is 1.84 bits per heavy atom. The molecule has 4 aromatic rings. The Morgan fingerprint density at radius 3 is 2.52 bits per heavy atom. The highest BCUT2D eigenvalue weighted by Crippen LogP contribution is 2.37. The van der Waals surface area contributed by atoms with E-state index < -0.39 is 5.97 Å². The summed E-state index contributed by atoms with van der Waals surface area (Å²) in [6.45, 7) is 0. The molecule has 0 saturated carbocycles. The molecule has 124 valence electrons. The molecule has 0 saturated heterocycles. The topological polar surface area (TPSA) is 55.1 Å². The maximum absolute atomic E-state index is 11.1. The number of aromatic carboxylic acids is 1. The fraction of sp³-hybridized carbons (Fsp3) is 0.100. The van der Waals surface area contributed by atoms with Crippen LogP contribution in [0.5, 0.6) is 0 Å². The minimum Gasteiger partial charge on any atom is -0.478 e. The molecular weight excluding hydrogens is 332 g/mol. The van der Waals surface area contributed by atoms with Gasteiger partial charge in [-0.3, -0.25) is 0 Å². The second kappa shape index (κ2) is 5.93. The molecule has 4 rings (SSSR count). The van der Waals surface area contributed by atoms with Crippen molar-refractivity contribution in [2.45, 2.75) is 5.03 Å². The third-order valence-electron chi connectivity index (χ3n) is 4.42. The number of aromatic nitrogens is 2. The van der Waals surface area contributed by atoms with E-state index in [1.807, 2.05) is 43.6 Å². The maximum atomic E-state index is 11.1. The van der Waals surface area contributed by atoms with Crippen LogP contribution in [0.2, 0.25) is 0 Å². The van der Waals surface area contributed by atoms with Crippen LogP contribution in [0.3, 0.4) is 0 Å². The van der Waals surface area contributed by atoms with E-state index in [1.165, 1.54) is 0 Å². The molecule has 0 unspecified atom stereocenters. The molecule has 0 aliphatic rings. The van der Waals surface area contributed by atoms with Crippen LogP contribution in [0.25, 0.3) is 33.1 Å². The maximum Gasteiger partial charge on any atom is 0.335 e. The highest BCUT2D eigenvalue weighted by molar-refractivity contribution is 7.98. The first-order valence-electron chi connectivity index (χ1n) is 7.86. The molecule has 0 aliphatic carbocycles. The number of hydrogen-bond donors (Lipinski definition) is 1. The summed E-state index contributed by atoms with van der Waals surface area (Å²) in [5, 5.41) is 12.4. The van der Waals surface area contributed by atoms with Gasteiger partial charge in [-0.25, -0.2) is 9.78 Å². The predicted molar refractivity (Wildman–Crippen MR) is 102 cm³/mol. The average Bonchev–Trinajstić information content (AvgIpc) is 2.90. The molecule has 1 N–H and O–H groups in total. The van der Waals surface area contributed by atoms with Crippen molar-refractivity contribution >= 4 is 39.5 Å². The molecule has 4 nitrogen and oxygen atoms in total. The van der Waals surface area contributed by atoms with Gasteiger partial charge < -0.3 is 9.67 Å². The van der Waals surface area contributed by atoms with Gasteiger partial charge in [-0.15, -0.1) is 11.8 Å². The largest absolute Gasteiger partial charge is 0.478 e. The minimum atomic E-state index is -0.916. The molecule has 0 amide bonds. The van der Waals surface area contributed by atoms with E-state index in [2.05, 4.69) is 16.7 Å². The van der Waals surface area contributed by atoms with Crippen LogP contribution in [0.1, 0.15) is 10.4 Å². The van der Waals surface area contributed by atoms with E-state index in [4.69, 9.17) is 10.1 Å². The van der Waals surface area contributed by atoms with Crippen LogP contribution in [0, 0.1) is 0 Å². The summed E-state index contributed by atoms with van der Waals surface area (Å²) in [7, 11) is 2.03. The number of fused-ring (bicyclic) bond motifs is 2. The van der Waals surface area contributed by atoms with Gasteiger partial charge in [-0.2, -0.15) is 0 Å². The zero-order valence-electron chi connectivity index (χ0n) is 13.9. The van der Waals surface area contributed by atoms with Gasteiger partial charge in [0.05, 0.1) is 16.8 Å². The van der Waals surface area contributed by atoms with Gasteiger partial charge in [0.25, 0.3) is 0 Å². The molecule has 25 heavy (non-hydrogen) atoms. The van der Waals surface area contributed by atoms with Gasteiger partial charge in [0.1, 0.15) is 10.5 Å². The number of thioether (sulfide) groups is 1. The van der Waals surface area contributed by atoms with Crippen LogP contribution in [0.15, 0.2) is 59.6 Å². The molecule has 2 heterocycles. The first kappa shape index (κ1) is 15.7. The molecular formula is C20H16N2O2S. The van der Waals surface area contributed by atoms with Gasteiger partial charge in [-0.1, -0.05) is 30.3 Å². The van der Waals surface area contributed by atoms with Gasteiger partial charge in [-0.05, 0) is 36.1 Å². The lowest BCUT2D eigenvalue weighted by Gasteiger charge is -2.07. The number of rotatable bonds is 3. The number of nitrogens with zero attached hydrogens (tertiary/aromatic N) is 2. The molecule has 0 aliphatic heterocycles. The number of benzene rings is 2. The number of para-hydroxylation sites is 1. The highest BCUT2D eigenvalue weighted by atomic mass is 32.2. The Hall–Kier alpha value is -2.79. The molecule has 2 aromatic heterocycles. The second-order valence-corrected chi connectivity index (χ2v) is 6.67. The number of pyridine rings is 1. The third kappa shape index (κ3) is 2.48. The molecule has 0 atom stereocenters. The van der Waals surface area contributed by atoms with Crippen LogP contribution in [-0.2, 0) is 7.05 Å². The number of carbonyl (C=O) groups is 1. The van der Waals surface area contributed by atoms with Gasteiger partial charge in [0.2, 0.25) is 0 Å². The lowest BCUT2D eigenvalue weighted by Crippen LogP contribution is -1.97. The van der Waals surface area contributed by atoms with Crippen LogP contribution in [0.4, 0.5) is 0 Å². The van der Waals surface area contributed by atoms with Gasteiger partial charge >= 0.3 is 5.97 Å². The normalized spacial score (nSPS) is 11.3. The Kier molecular flexibility index (Phi) is 3.73. The van der Waals surface area contributed by atoms with E-state index in [0.717, 1.165) is 38.1 Å². The smallest absolute Gasteiger partial charge is 0.335 e. The Bertz CT molecular complexity index is 1110. The van der Waals surface area contributed by atoms with Crippen LogP contribution < -0.4 is 0 Å². The number of carboxylic acid groups (broad SMARTS) is 1. The minimum absolute atomic E-state index is 0.288. The summed E-state index contributed by atoms with van der Waals surface area (Å²) in [4.78, 5) is 16.0. The third-order valence-corrected chi connectivity index (χ3v) is 5.27. The highest BCUT2D eigenvalue weighted by Gasteiger charge is 2.18. The standard InChI is InChI=1S/C20H16N2O2S/c1-22-18(12-7-9-13(10-8-12)20(23)24)15-11-14-5-3-4-6-16(14)21-17(15)19(22)25-2/h3-11H,1-2H3,(H,23,24). The van der Waals surface area contributed by atoms with E-state index in [-0.39, 0.29) is 5.56 Å². The molecule has 2 aromatic carbocycles. The zero-order chi connectivity index (χ0) is 17.6. The van der Waals surface area contributed by atoms with E-state index in [1.54, 1.807) is 23.9 Å². The molecule has 0 radical (unpaired) electrons. The van der Waals surface area contributed by atoms with Crippen molar-refractivity contribution in [1.82, 2.24) is 9.55 Å². The van der Waals surface area contributed by atoms with Crippen LogP contribution >= 0.6 is 11.8 Å². The number of hydrogen-bond acceptors (Lipinski definition) is 3. The first-order valence-corrected chi connectivity index (χ1v) is 9.08. The fourth-order valence-electron chi connectivity index (χ4n) is 3.25. The lowest BCUT2D eigenvalue weighted by atomic mass is 10.1. The summed E-state index contributed by atoms with van der Waals surface area (Å²) in [5.74, 6) is -0.916. The van der Waals surface area contributed by atoms with Crippen molar-refractivity contribution in [3.8, 4) is 11.3 Å². The Balaban J connectivity index is 2.03. The van der Waals surface area contributed by atoms with E-state index in [0.29, 0.717) is 0 Å². The zero-order valence-corrected chi connectivity index (χ0v) is 14.7. The van der Waals surface area contributed by atoms with Crippen molar-refractivity contribution in [3.63, 3.8) is 0 Å². The summed E-state index contributed by atoms with van der Waals surface area (Å²) >= 11 is 1.66. The van der Waals surface area contributed by atoms with Gasteiger partial charge in [0.15, 0.2) is 0 Å². The van der Waals surface area contributed by atoms with Crippen molar-refractivity contribution in [2.24, 2.45) is 7.05 Å². The van der Waals surface area contributed by atoms with Crippen molar-refractivity contribution in [1.29, 1.82) is 0 Å². The molecule has 0 bridgehead atoms. The average molecular weight is 348 g/mol. The Labute approximate surface area is 149 Å². The molecule has 5 heteroatoms. The summed E-state index contributed by atoms with van der Waals surface area (Å²) in [6, 6.07) is 17.3. The summed E-state index contributed by atoms with van der Waals surface area (Å²) in [6.07, 6.45) is 2.04. The summed E-state index contributed by atoms with van der Waals surface area (Å²) < 4.78 is 2.14. The monoisotopic (exact) mass is 348 g/mol. The van der Waals surface area contributed by atoms with Gasteiger partial charge in [0, 0.05) is 17.8 Å². The van der Waals surface area contributed by atoms with E-state index >= 15 is 0 Å². The Morgan fingerprint density at radius 1 is 1.12 bits per heavy atom. The molecule has 0 fully saturated rings. The van der Waals surface area contributed by atoms with Crippen molar-refractivity contribution < 1.29 is 9.90 Å². The summed E-state index contributed by atoms with van der Waals surface area (Å²) in [5.41, 5.74) is 4.27. The van der Waals surface area contributed by atoms with Crippen molar-refractivity contribution in [2.75, 3.05) is 6.26 Å². The second-order valence-electron chi connectivity index (χ2n) is 5.88. The van der Waals surface area contributed by atoms with Crippen LogP contribution in [-0.4, -0.2) is 26.9 Å².